The maximum absolute atomic E-state index is 9.46. The second-order valence-electron chi connectivity index (χ2n) is 2.72. The second-order valence-corrected chi connectivity index (χ2v) is 3.10. The van der Waals surface area contributed by atoms with Crippen molar-refractivity contribution < 1.29 is 14.6 Å². The molecule has 1 heterocycles. The zero-order valence-corrected chi connectivity index (χ0v) is 7.84. The predicted octanol–water partition coefficient (Wildman–Crippen LogP) is 1.69. The normalized spacial score (nSPS) is 13.4. The van der Waals surface area contributed by atoms with Gasteiger partial charge in [-0.2, -0.15) is 5.26 Å². The number of benzene rings is 1. The highest BCUT2D eigenvalue weighted by atomic mass is 35.5. The van der Waals surface area contributed by atoms with E-state index in [0.29, 0.717) is 24.7 Å². The molecule has 0 saturated heterocycles. The van der Waals surface area contributed by atoms with E-state index < -0.39 is 0 Å². The van der Waals surface area contributed by atoms with E-state index in [1.54, 1.807) is 0 Å². The van der Waals surface area contributed by atoms with E-state index >= 15 is 0 Å². The first-order valence-corrected chi connectivity index (χ1v) is 4.33. The van der Waals surface area contributed by atoms with Gasteiger partial charge in [0.2, 0.25) is 0 Å². The van der Waals surface area contributed by atoms with E-state index in [0.717, 1.165) is 0 Å². The fourth-order valence-corrected chi connectivity index (χ4v) is 1.47. The van der Waals surface area contributed by atoms with Gasteiger partial charge >= 0.3 is 0 Å². The number of aromatic hydroxyl groups is 1. The van der Waals surface area contributed by atoms with Gasteiger partial charge in [0.15, 0.2) is 17.2 Å². The molecule has 0 unspecified atom stereocenters. The number of ether oxygens (including phenoxy) is 2. The third-order valence-electron chi connectivity index (χ3n) is 1.87. The number of hydrogen-bond donors (Lipinski definition) is 1. The molecule has 72 valence electrons. The minimum Gasteiger partial charge on any atom is -0.505 e. The molecular weight excluding hydrogens is 206 g/mol. The van der Waals surface area contributed by atoms with Crippen molar-refractivity contribution in [2.75, 3.05) is 13.2 Å². The lowest BCUT2D eigenvalue weighted by Gasteiger charge is -2.19. The Labute approximate surface area is 85.2 Å². The van der Waals surface area contributed by atoms with E-state index in [4.69, 9.17) is 26.3 Å². The Kier molecular flexibility index (Phi) is 2.10. The highest BCUT2D eigenvalue weighted by Gasteiger charge is 2.21. The fraction of sp³-hybridized carbons (Fsp3) is 0.222. The van der Waals surface area contributed by atoms with Gasteiger partial charge in [-0.15, -0.1) is 0 Å². The minimum absolute atomic E-state index is 0.0266. The zero-order chi connectivity index (χ0) is 10.1. The number of hydrogen-bond acceptors (Lipinski definition) is 4. The van der Waals surface area contributed by atoms with E-state index in [1.165, 1.54) is 6.07 Å². The van der Waals surface area contributed by atoms with Crippen molar-refractivity contribution in [3.05, 3.63) is 16.7 Å². The van der Waals surface area contributed by atoms with Crippen molar-refractivity contribution in [3.63, 3.8) is 0 Å². The maximum atomic E-state index is 9.46. The molecule has 2 rings (SSSR count). The molecule has 1 aromatic carbocycles. The number of rotatable bonds is 0. The Morgan fingerprint density at radius 1 is 1.43 bits per heavy atom. The van der Waals surface area contributed by atoms with Gasteiger partial charge in [-0.05, 0) is 0 Å². The molecule has 1 aromatic rings. The molecular formula is C9H6ClNO3. The first-order valence-electron chi connectivity index (χ1n) is 3.95. The molecule has 0 aromatic heterocycles. The first kappa shape index (κ1) is 8.97. The third-order valence-corrected chi connectivity index (χ3v) is 2.22. The summed E-state index contributed by atoms with van der Waals surface area (Å²) in [5, 5.41) is 18.2. The van der Waals surface area contributed by atoms with Crippen LogP contribution in [0.4, 0.5) is 0 Å². The molecule has 1 aliphatic heterocycles. The standard InChI is InChI=1S/C9H6ClNO3/c10-7-8(12)5(4-11)3-6-9(7)14-2-1-13-6/h3,12H,1-2H2. The van der Waals surface area contributed by atoms with Gasteiger partial charge in [0, 0.05) is 6.07 Å². The number of nitrogens with zero attached hydrogens (tertiary/aromatic N) is 1. The van der Waals surface area contributed by atoms with Gasteiger partial charge in [0.1, 0.15) is 24.3 Å². The average molecular weight is 212 g/mol. The summed E-state index contributed by atoms with van der Waals surface area (Å²) < 4.78 is 10.4. The fourth-order valence-electron chi connectivity index (χ4n) is 1.22. The zero-order valence-electron chi connectivity index (χ0n) is 7.08. The number of phenols is 1. The van der Waals surface area contributed by atoms with Crippen LogP contribution in [0.1, 0.15) is 5.56 Å². The lowest BCUT2D eigenvalue weighted by atomic mass is 10.2. The monoisotopic (exact) mass is 211 g/mol. The van der Waals surface area contributed by atoms with Crippen molar-refractivity contribution in [1.82, 2.24) is 0 Å². The summed E-state index contributed by atoms with van der Waals surface area (Å²) >= 11 is 5.79. The van der Waals surface area contributed by atoms with Crippen LogP contribution in [0.15, 0.2) is 6.07 Å². The van der Waals surface area contributed by atoms with E-state index in [1.807, 2.05) is 6.07 Å². The van der Waals surface area contributed by atoms with Gasteiger partial charge in [-0.1, -0.05) is 11.6 Å². The second kappa shape index (κ2) is 3.28. The first-order chi connectivity index (χ1) is 6.74. The molecule has 4 nitrogen and oxygen atoms in total. The molecule has 0 atom stereocenters. The number of fused-ring (bicyclic) bond motifs is 1. The highest BCUT2D eigenvalue weighted by Crippen LogP contribution is 2.44. The number of phenolic OH excluding ortho intramolecular Hbond substituents is 1. The molecule has 0 spiro atoms. The quantitative estimate of drug-likeness (QED) is 0.709. The van der Waals surface area contributed by atoms with Gasteiger partial charge in [0.25, 0.3) is 0 Å². The summed E-state index contributed by atoms with van der Waals surface area (Å²) in [5.41, 5.74) is 0.0826. The number of halogens is 1. The van der Waals surface area contributed by atoms with Gasteiger partial charge in [0.05, 0.1) is 5.56 Å². The summed E-state index contributed by atoms with van der Waals surface area (Å²) in [6.07, 6.45) is 0. The van der Waals surface area contributed by atoms with Crippen LogP contribution in [0.3, 0.4) is 0 Å². The summed E-state index contributed by atoms with van der Waals surface area (Å²) in [7, 11) is 0. The van der Waals surface area contributed by atoms with Crippen molar-refractivity contribution in [3.8, 4) is 23.3 Å². The molecule has 14 heavy (non-hydrogen) atoms. The molecule has 0 amide bonds. The Balaban J connectivity index is 2.64. The van der Waals surface area contributed by atoms with Crippen LogP contribution in [-0.2, 0) is 0 Å². The van der Waals surface area contributed by atoms with Crippen molar-refractivity contribution in [2.45, 2.75) is 0 Å². The largest absolute Gasteiger partial charge is 0.505 e. The molecule has 0 bridgehead atoms. The van der Waals surface area contributed by atoms with Gasteiger partial charge < -0.3 is 14.6 Å². The smallest absolute Gasteiger partial charge is 0.183 e. The van der Waals surface area contributed by atoms with E-state index in [2.05, 4.69) is 0 Å². The van der Waals surface area contributed by atoms with Crippen molar-refractivity contribution in [1.29, 1.82) is 5.26 Å². The molecule has 1 N–H and O–H groups in total. The summed E-state index contributed by atoms with van der Waals surface area (Å²) in [4.78, 5) is 0. The van der Waals surface area contributed by atoms with Crippen LogP contribution >= 0.6 is 11.6 Å². The van der Waals surface area contributed by atoms with E-state index in [-0.39, 0.29) is 16.3 Å². The Morgan fingerprint density at radius 2 is 2.14 bits per heavy atom. The molecule has 0 fully saturated rings. The molecule has 1 aliphatic rings. The molecule has 0 radical (unpaired) electrons. The summed E-state index contributed by atoms with van der Waals surface area (Å²) in [6.45, 7) is 0.803. The van der Waals surface area contributed by atoms with Gasteiger partial charge in [-0.25, -0.2) is 0 Å². The van der Waals surface area contributed by atoms with Crippen LogP contribution in [-0.4, -0.2) is 18.3 Å². The van der Waals surface area contributed by atoms with Crippen LogP contribution in [0.25, 0.3) is 0 Å². The maximum Gasteiger partial charge on any atom is 0.183 e. The van der Waals surface area contributed by atoms with E-state index in [9.17, 15) is 5.11 Å². The minimum atomic E-state index is -0.265. The van der Waals surface area contributed by atoms with Crippen molar-refractivity contribution in [2.24, 2.45) is 0 Å². The molecule has 0 saturated carbocycles. The van der Waals surface area contributed by atoms with Crippen LogP contribution in [0.5, 0.6) is 17.2 Å². The van der Waals surface area contributed by atoms with Crippen molar-refractivity contribution >= 4 is 11.6 Å². The lowest BCUT2D eigenvalue weighted by molar-refractivity contribution is 0.171. The number of nitriles is 1. The topological polar surface area (TPSA) is 62.5 Å². The third kappa shape index (κ3) is 1.22. The Bertz CT molecular complexity index is 425. The SMILES string of the molecule is N#Cc1cc2c(c(Cl)c1O)OCCO2. The predicted molar refractivity (Wildman–Crippen MR) is 48.8 cm³/mol. The average Bonchev–Trinajstić information content (AvgIpc) is 2.23. The van der Waals surface area contributed by atoms with Crippen LogP contribution in [0, 0.1) is 11.3 Å². The Hall–Kier alpha value is -1.60. The van der Waals surface area contributed by atoms with Crippen LogP contribution in [0.2, 0.25) is 5.02 Å². The van der Waals surface area contributed by atoms with Gasteiger partial charge in [-0.3, -0.25) is 0 Å². The lowest BCUT2D eigenvalue weighted by Crippen LogP contribution is -2.15. The summed E-state index contributed by atoms with van der Waals surface area (Å²) in [5.74, 6) is 0.434. The van der Waals surface area contributed by atoms with Crippen LogP contribution < -0.4 is 9.47 Å². The molecule has 0 aliphatic carbocycles. The Morgan fingerprint density at radius 3 is 2.86 bits per heavy atom. The molecule has 5 heteroatoms. The highest BCUT2D eigenvalue weighted by molar-refractivity contribution is 6.34. The summed E-state index contributed by atoms with van der Waals surface area (Å²) in [6, 6.07) is 3.23.